The van der Waals surface area contributed by atoms with E-state index < -0.39 is 0 Å². The molecule has 1 aromatic rings. The van der Waals surface area contributed by atoms with Crippen LogP contribution in [0.4, 0.5) is 0 Å². The lowest BCUT2D eigenvalue weighted by Gasteiger charge is -2.36. The number of ether oxygens (including phenoxy) is 1. The highest BCUT2D eigenvalue weighted by Gasteiger charge is 2.34. The molecule has 2 rings (SSSR count). The molecule has 1 aliphatic carbocycles. The zero-order chi connectivity index (χ0) is 10.6. The molecular formula is C14H18O. The topological polar surface area (TPSA) is 9.23 Å². The van der Waals surface area contributed by atoms with E-state index in [0.717, 1.165) is 12.8 Å². The zero-order valence-corrected chi connectivity index (χ0v) is 9.11. The summed E-state index contributed by atoms with van der Waals surface area (Å²) in [7, 11) is 0. The predicted octanol–water partition coefficient (Wildman–Crippen LogP) is 4.01. The summed E-state index contributed by atoms with van der Waals surface area (Å²) in [6.45, 7) is 3.70. The first-order valence-electron chi connectivity index (χ1n) is 5.72. The van der Waals surface area contributed by atoms with Gasteiger partial charge in [-0.05, 0) is 31.2 Å². The lowest BCUT2D eigenvalue weighted by Crippen LogP contribution is -2.30. The lowest BCUT2D eigenvalue weighted by molar-refractivity contribution is -0.0156. The van der Waals surface area contributed by atoms with E-state index in [0.29, 0.717) is 0 Å². The molecule has 0 aliphatic heterocycles. The average Bonchev–Trinajstić information content (AvgIpc) is 2.32. The Balaban J connectivity index is 2.29. The minimum atomic E-state index is -0.0960. The Morgan fingerprint density at radius 3 is 2.33 bits per heavy atom. The van der Waals surface area contributed by atoms with Crippen molar-refractivity contribution in [3.63, 3.8) is 0 Å². The number of rotatable bonds is 3. The normalized spacial score (nSPS) is 19.5. The summed E-state index contributed by atoms with van der Waals surface area (Å²) < 4.78 is 5.82. The second kappa shape index (κ2) is 4.52. The Morgan fingerprint density at radius 1 is 1.07 bits per heavy atom. The van der Waals surface area contributed by atoms with Crippen molar-refractivity contribution in [1.82, 2.24) is 0 Å². The lowest BCUT2D eigenvalue weighted by atomic mass is 9.79. The maximum absolute atomic E-state index is 5.82. The summed E-state index contributed by atoms with van der Waals surface area (Å²) in [6.07, 6.45) is 7.66. The Labute approximate surface area is 91.8 Å². The van der Waals surface area contributed by atoms with Crippen molar-refractivity contribution >= 4 is 0 Å². The quantitative estimate of drug-likeness (QED) is 0.673. The Morgan fingerprint density at radius 2 is 1.73 bits per heavy atom. The highest BCUT2D eigenvalue weighted by molar-refractivity contribution is 5.23. The largest absolute Gasteiger partial charge is 0.491 e. The average molecular weight is 202 g/mol. The number of hydrogen-bond acceptors (Lipinski definition) is 1. The van der Waals surface area contributed by atoms with Crippen LogP contribution in [-0.4, -0.2) is 0 Å². The molecule has 0 amide bonds. The van der Waals surface area contributed by atoms with Crippen LogP contribution in [0.2, 0.25) is 0 Å². The molecule has 15 heavy (non-hydrogen) atoms. The van der Waals surface area contributed by atoms with Crippen LogP contribution in [0.1, 0.15) is 37.7 Å². The van der Waals surface area contributed by atoms with Gasteiger partial charge in [0.2, 0.25) is 0 Å². The van der Waals surface area contributed by atoms with Crippen LogP contribution in [0.5, 0.6) is 0 Å². The van der Waals surface area contributed by atoms with E-state index in [2.05, 4.69) is 30.8 Å². The van der Waals surface area contributed by atoms with Crippen molar-refractivity contribution in [2.24, 2.45) is 0 Å². The monoisotopic (exact) mass is 202 g/mol. The maximum Gasteiger partial charge on any atom is 0.133 e. The molecule has 1 aromatic carbocycles. The summed E-state index contributed by atoms with van der Waals surface area (Å²) in [5.74, 6) is 0. The van der Waals surface area contributed by atoms with Gasteiger partial charge in [-0.1, -0.05) is 43.3 Å². The summed E-state index contributed by atoms with van der Waals surface area (Å²) in [5, 5.41) is 0. The molecule has 80 valence electrons. The van der Waals surface area contributed by atoms with Gasteiger partial charge in [0, 0.05) is 0 Å². The van der Waals surface area contributed by atoms with Gasteiger partial charge in [-0.3, -0.25) is 0 Å². The fraction of sp³-hybridized carbons (Fsp3) is 0.429. The maximum atomic E-state index is 5.82. The summed E-state index contributed by atoms with van der Waals surface area (Å²) in [6, 6.07) is 10.5. The molecule has 0 atom stereocenters. The SMILES string of the molecule is C=COC1(c2ccccc2)CCCCC1. The third kappa shape index (κ3) is 2.06. The van der Waals surface area contributed by atoms with Crippen LogP contribution < -0.4 is 0 Å². The van der Waals surface area contributed by atoms with E-state index in [1.54, 1.807) is 6.26 Å². The van der Waals surface area contributed by atoms with E-state index in [1.165, 1.54) is 24.8 Å². The van der Waals surface area contributed by atoms with E-state index in [1.807, 2.05) is 6.07 Å². The Kier molecular flexibility index (Phi) is 3.10. The molecule has 0 aromatic heterocycles. The molecule has 1 aliphatic rings. The van der Waals surface area contributed by atoms with Crippen LogP contribution in [0.3, 0.4) is 0 Å². The van der Waals surface area contributed by atoms with Gasteiger partial charge in [0.1, 0.15) is 5.60 Å². The van der Waals surface area contributed by atoms with Gasteiger partial charge in [0.05, 0.1) is 6.26 Å². The molecule has 1 nitrogen and oxygen atoms in total. The summed E-state index contributed by atoms with van der Waals surface area (Å²) in [5.41, 5.74) is 1.20. The van der Waals surface area contributed by atoms with Gasteiger partial charge in [-0.25, -0.2) is 0 Å². The first-order valence-corrected chi connectivity index (χ1v) is 5.72. The highest BCUT2D eigenvalue weighted by Crippen LogP contribution is 2.40. The second-order valence-electron chi connectivity index (χ2n) is 4.21. The second-order valence-corrected chi connectivity index (χ2v) is 4.21. The first-order chi connectivity index (χ1) is 7.37. The molecule has 0 spiro atoms. The molecule has 1 heteroatoms. The molecule has 1 fully saturated rings. The van der Waals surface area contributed by atoms with Crippen LogP contribution in [-0.2, 0) is 10.3 Å². The van der Waals surface area contributed by atoms with Gasteiger partial charge in [-0.15, -0.1) is 0 Å². The highest BCUT2D eigenvalue weighted by atomic mass is 16.5. The first kappa shape index (κ1) is 10.3. The molecule has 1 saturated carbocycles. The number of hydrogen-bond donors (Lipinski definition) is 0. The Bertz CT molecular complexity index is 309. The van der Waals surface area contributed by atoms with Gasteiger partial charge in [-0.2, -0.15) is 0 Å². The fourth-order valence-electron chi connectivity index (χ4n) is 2.50. The molecule has 0 heterocycles. The van der Waals surface area contributed by atoms with Crippen molar-refractivity contribution in [3.05, 3.63) is 48.7 Å². The van der Waals surface area contributed by atoms with Crippen LogP contribution in [0, 0.1) is 0 Å². The molecule has 0 N–H and O–H groups in total. The van der Waals surface area contributed by atoms with Gasteiger partial charge < -0.3 is 4.74 Å². The molecule has 0 radical (unpaired) electrons. The minimum Gasteiger partial charge on any atom is -0.491 e. The van der Waals surface area contributed by atoms with Crippen molar-refractivity contribution in [3.8, 4) is 0 Å². The predicted molar refractivity (Wildman–Crippen MR) is 62.5 cm³/mol. The van der Waals surface area contributed by atoms with Crippen molar-refractivity contribution in [2.75, 3.05) is 0 Å². The zero-order valence-electron chi connectivity index (χ0n) is 9.11. The fourth-order valence-corrected chi connectivity index (χ4v) is 2.50. The van der Waals surface area contributed by atoms with Crippen molar-refractivity contribution < 1.29 is 4.74 Å². The molecule has 0 bridgehead atoms. The van der Waals surface area contributed by atoms with E-state index in [-0.39, 0.29) is 5.60 Å². The van der Waals surface area contributed by atoms with Gasteiger partial charge in [0.25, 0.3) is 0 Å². The van der Waals surface area contributed by atoms with E-state index >= 15 is 0 Å². The van der Waals surface area contributed by atoms with Crippen molar-refractivity contribution in [2.45, 2.75) is 37.7 Å². The molecular weight excluding hydrogens is 184 g/mol. The molecule has 0 saturated heterocycles. The minimum absolute atomic E-state index is 0.0960. The summed E-state index contributed by atoms with van der Waals surface area (Å²) in [4.78, 5) is 0. The number of benzene rings is 1. The Hall–Kier alpha value is -1.24. The standard InChI is InChI=1S/C14H18O/c1-2-15-14(11-7-4-8-12-14)13-9-5-3-6-10-13/h2-3,5-6,9-10H,1,4,7-8,11-12H2. The smallest absolute Gasteiger partial charge is 0.133 e. The van der Waals surface area contributed by atoms with Crippen LogP contribution in [0.25, 0.3) is 0 Å². The van der Waals surface area contributed by atoms with Crippen LogP contribution >= 0.6 is 0 Å². The van der Waals surface area contributed by atoms with E-state index in [9.17, 15) is 0 Å². The van der Waals surface area contributed by atoms with Gasteiger partial charge in [0.15, 0.2) is 0 Å². The van der Waals surface area contributed by atoms with Gasteiger partial charge >= 0.3 is 0 Å². The van der Waals surface area contributed by atoms with Crippen molar-refractivity contribution in [1.29, 1.82) is 0 Å². The van der Waals surface area contributed by atoms with Crippen LogP contribution in [0.15, 0.2) is 43.2 Å². The van der Waals surface area contributed by atoms with E-state index in [4.69, 9.17) is 4.74 Å². The molecule has 0 unspecified atom stereocenters. The third-order valence-corrected chi connectivity index (χ3v) is 3.27. The third-order valence-electron chi connectivity index (χ3n) is 3.27. The summed E-state index contributed by atoms with van der Waals surface area (Å²) >= 11 is 0.